The standard InChI is InChI=1S/C29H33ClFN5O.C2HF3O2/c1-19(2)32-28-29(34-25-12-13-35(18-26(25)33-28)17-20-6-4-3-5-7-20)36-14-10-21(11-15-36)27(37)23-16-22(30)8-9-24(23)31;3-2(4,5)1(6)7/h3-9,16,19,21H,10-15,17-18H2,1-2H3,(H,32,33);(H,6,7). The van der Waals surface area contributed by atoms with E-state index < -0.39 is 18.0 Å². The number of carboxylic acids is 1. The van der Waals surface area contributed by atoms with Gasteiger partial charge in [-0.1, -0.05) is 41.9 Å². The fourth-order valence-corrected chi connectivity index (χ4v) is 5.38. The second-order valence-electron chi connectivity index (χ2n) is 11.1. The highest BCUT2D eigenvalue weighted by Gasteiger charge is 2.38. The van der Waals surface area contributed by atoms with Crippen LogP contribution >= 0.6 is 11.6 Å². The van der Waals surface area contributed by atoms with Gasteiger partial charge in [0.2, 0.25) is 0 Å². The average Bonchev–Trinajstić information content (AvgIpc) is 2.98. The zero-order valence-electron chi connectivity index (χ0n) is 24.4. The number of aromatic nitrogens is 2. The topological polar surface area (TPSA) is 98.7 Å². The monoisotopic (exact) mass is 635 g/mol. The first-order valence-corrected chi connectivity index (χ1v) is 14.7. The summed E-state index contributed by atoms with van der Waals surface area (Å²) >= 11 is 6.02. The molecule has 2 aliphatic heterocycles. The molecule has 1 aromatic heterocycles. The summed E-state index contributed by atoms with van der Waals surface area (Å²) in [6.45, 7) is 8.12. The van der Waals surface area contributed by atoms with Gasteiger partial charge in [0, 0.05) is 56.1 Å². The van der Waals surface area contributed by atoms with Crippen LogP contribution in [0.1, 0.15) is 54.0 Å². The maximum Gasteiger partial charge on any atom is 0.490 e. The van der Waals surface area contributed by atoms with Gasteiger partial charge in [-0.3, -0.25) is 9.69 Å². The number of nitrogens with one attached hydrogen (secondary N) is 1. The molecular weight excluding hydrogens is 602 g/mol. The highest BCUT2D eigenvalue weighted by molar-refractivity contribution is 6.31. The van der Waals surface area contributed by atoms with Crippen molar-refractivity contribution < 1.29 is 32.3 Å². The molecule has 0 saturated carbocycles. The molecule has 2 aliphatic rings. The predicted octanol–water partition coefficient (Wildman–Crippen LogP) is 6.38. The maximum absolute atomic E-state index is 14.3. The number of carbonyl (C=O) groups excluding carboxylic acids is 1. The van der Waals surface area contributed by atoms with Crippen LogP contribution in [0, 0.1) is 11.7 Å². The Morgan fingerprint density at radius 2 is 1.70 bits per heavy atom. The number of alkyl halides is 3. The van der Waals surface area contributed by atoms with Crippen LogP contribution in [-0.4, -0.2) is 63.6 Å². The van der Waals surface area contributed by atoms with E-state index in [1.807, 2.05) is 6.07 Å². The summed E-state index contributed by atoms with van der Waals surface area (Å²) in [5, 5.41) is 11.0. The van der Waals surface area contributed by atoms with Crippen LogP contribution in [0.4, 0.5) is 29.2 Å². The molecule has 2 N–H and O–H groups in total. The van der Waals surface area contributed by atoms with Crippen molar-refractivity contribution in [3.63, 3.8) is 0 Å². The van der Waals surface area contributed by atoms with E-state index in [0.29, 0.717) is 31.0 Å². The number of nitrogens with zero attached hydrogens (tertiary/aromatic N) is 4. The summed E-state index contributed by atoms with van der Waals surface area (Å²) in [6, 6.07) is 14.9. The Labute approximate surface area is 258 Å². The minimum atomic E-state index is -5.08. The van der Waals surface area contributed by atoms with E-state index in [1.54, 1.807) is 0 Å². The van der Waals surface area contributed by atoms with Crippen molar-refractivity contribution >= 4 is 35.0 Å². The van der Waals surface area contributed by atoms with Crippen molar-refractivity contribution in [3.05, 3.63) is 81.9 Å². The van der Waals surface area contributed by atoms with Crippen molar-refractivity contribution in [2.24, 2.45) is 5.92 Å². The number of carboxylic acid groups (broad SMARTS) is 1. The molecule has 0 radical (unpaired) electrons. The lowest BCUT2D eigenvalue weighted by Crippen LogP contribution is -2.39. The molecular formula is C31H34ClF4N5O3. The number of aliphatic carboxylic acids is 1. The number of ketones is 1. The molecule has 8 nitrogen and oxygen atoms in total. The van der Waals surface area contributed by atoms with Gasteiger partial charge in [0.25, 0.3) is 0 Å². The normalized spacial score (nSPS) is 15.8. The molecule has 0 bridgehead atoms. The number of hydrogen-bond donors (Lipinski definition) is 2. The molecule has 0 atom stereocenters. The van der Waals surface area contributed by atoms with E-state index >= 15 is 0 Å². The zero-order valence-corrected chi connectivity index (χ0v) is 25.1. The van der Waals surface area contributed by atoms with E-state index in [9.17, 15) is 22.4 Å². The molecule has 0 aliphatic carbocycles. The number of Topliss-reactive ketones (excluding diaryl/α,β-unsaturated/α-hetero) is 1. The first-order chi connectivity index (χ1) is 20.8. The number of fused-ring (bicyclic) bond motifs is 1. The number of piperidine rings is 1. The average molecular weight is 636 g/mol. The summed E-state index contributed by atoms with van der Waals surface area (Å²) in [7, 11) is 0. The van der Waals surface area contributed by atoms with Gasteiger partial charge >= 0.3 is 12.1 Å². The quantitative estimate of drug-likeness (QED) is 0.228. The van der Waals surface area contributed by atoms with E-state index in [2.05, 4.69) is 53.2 Å². The van der Waals surface area contributed by atoms with Gasteiger partial charge in [0.05, 0.1) is 17.0 Å². The number of carbonyl (C=O) groups is 2. The number of rotatable bonds is 7. The third-order valence-electron chi connectivity index (χ3n) is 7.35. The summed E-state index contributed by atoms with van der Waals surface area (Å²) in [6.07, 6.45) is -2.96. The third kappa shape index (κ3) is 8.66. The van der Waals surface area contributed by atoms with Crippen LogP contribution in [0.25, 0.3) is 0 Å². The molecule has 5 rings (SSSR count). The summed E-state index contributed by atoms with van der Waals surface area (Å²) in [5.41, 5.74) is 3.45. The van der Waals surface area contributed by atoms with E-state index in [4.69, 9.17) is 31.5 Å². The molecule has 0 unspecified atom stereocenters. The van der Waals surface area contributed by atoms with Crippen molar-refractivity contribution in [3.8, 4) is 0 Å². The minimum Gasteiger partial charge on any atom is -0.475 e. The van der Waals surface area contributed by atoms with Gasteiger partial charge in [-0.05, 0) is 50.5 Å². The number of benzene rings is 2. The van der Waals surface area contributed by atoms with Gasteiger partial charge < -0.3 is 15.3 Å². The first kappa shape index (κ1) is 33.1. The first-order valence-electron chi connectivity index (χ1n) is 14.3. The Hall–Kier alpha value is -3.77. The smallest absolute Gasteiger partial charge is 0.475 e. The molecule has 3 aromatic rings. The number of hydrogen-bond acceptors (Lipinski definition) is 7. The maximum atomic E-state index is 14.3. The Morgan fingerprint density at radius 1 is 1.05 bits per heavy atom. The Kier molecular flexibility index (Phi) is 10.8. The highest BCUT2D eigenvalue weighted by atomic mass is 35.5. The second kappa shape index (κ2) is 14.3. The molecule has 1 fully saturated rings. The molecule has 44 heavy (non-hydrogen) atoms. The molecule has 0 spiro atoms. The third-order valence-corrected chi connectivity index (χ3v) is 7.58. The Morgan fingerprint density at radius 3 is 2.32 bits per heavy atom. The van der Waals surface area contributed by atoms with Crippen LogP contribution in [0.2, 0.25) is 5.02 Å². The Bertz CT molecular complexity index is 1460. The SMILES string of the molecule is CC(C)Nc1nc2c(nc1N1CCC(C(=O)c3cc(Cl)ccc3F)CC1)CCN(Cc1ccccc1)C2.O=C(O)C(F)(F)F. The number of halogens is 5. The summed E-state index contributed by atoms with van der Waals surface area (Å²) < 4.78 is 46.0. The van der Waals surface area contributed by atoms with Crippen LogP contribution in [0.5, 0.6) is 0 Å². The fraction of sp³-hybridized carbons (Fsp3) is 0.419. The lowest BCUT2D eigenvalue weighted by Gasteiger charge is -2.35. The number of anilines is 2. The fourth-order valence-electron chi connectivity index (χ4n) is 5.20. The summed E-state index contributed by atoms with van der Waals surface area (Å²) in [4.78, 5) is 36.7. The minimum absolute atomic E-state index is 0.0849. The van der Waals surface area contributed by atoms with E-state index in [1.165, 1.54) is 23.8 Å². The van der Waals surface area contributed by atoms with E-state index in [-0.39, 0.29) is 23.3 Å². The zero-order chi connectivity index (χ0) is 32.0. The highest BCUT2D eigenvalue weighted by Crippen LogP contribution is 2.32. The van der Waals surface area contributed by atoms with Crippen molar-refractivity contribution in [2.45, 2.75) is 58.4 Å². The van der Waals surface area contributed by atoms with Gasteiger partial charge in [0.1, 0.15) is 5.82 Å². The van der Waals surface area contributed by atoms with Crippen LogP contribution < -0.4 is 10.2 Å². The molecule has 13 heteroatoms. The lowest BCUT2D eigenvalue weighted by atomic mass is 9.88. The van der Waals surface area contributed by atoms with Crippen molar-refractivity contribution in [2.75, 3.05) is 29.9 Å². The molecule has 236 valence electrons. The van der Waals surface area contributed by atoms with Gasteiger partial charge in [0.15, 0.2) is 17.4 Å². The van der Waals surface area contributed by atoms with Crippen LogP contribution in [-0.2, 0) is 24.3 Å². The summed E-state index contributed by atoms with van der Waals surface area (Å²) in [5.74, 6) is -2.03. The molecule has 1 saturated heterocycles. The van der Waals surface area contributed by atoms with E-state index in [0.717, 1.165) is 49.1 Å². The second-order valence-corrected chi connectivity index (χ2v) is 11.5. The Balaban J connectivity index is 0.000000566. The molecule has 2 aromatic carbocycles. The largest absolute Gasteiger partial charge is 0.490 e. The van der Waals surface area contributed by atoms with Gasteiger partial charge in [-0.15, -0.1) is 0 Å². The van der Waals surface area contributed by atoms with Crippen LogP contribution in [0.15, 0.2) is 48.5 Å². The van der Waals surface area contributed by atoms with Crippen LogP contribution in [0.3, 0.4) is 0 Å². The van der Waals surface area contributed by atoms with Gasteiger partial charge in [-0.25, -0.2) is 19.2 Å². The molecule has 0 amide bonds. The van der Waals surface area contributed by atoms with Crippen molar-refractivity contribution in [1.29, 1.82) is 0 Å². The van der Waals surface area contributed by atoms with Crippen molar-refractivity contribution in [1.82, 2.24) is 14.9 Å². The van der Waals surface area contributed by atoms with Gasteiger partial charge in [-0.2, -0.15) is 13.2 Å². The molecule has 3 heterocycles. The lowest BCUT2D eigenvalue weighted by molar-refractivity contribution is -0.192. The predicted molar refractivity (Wildman–Crippen MR) is 159 cm³/mol.